The lowest BCUT2D eigenvalue weighted by Gasteiger charge is -2.15. The highest BCUT2D eigenvalue weighted by atomic mass is 16.2. The van der Waals surface area contributed by atoms with E-state index in [2.05, 4.69) is 21.0 Å². The number of aryl methyl sites for hydroxylation is 1. The van der Waals surface area contributed by atoms with Gasteiger partial charge in [-0.3, -0.25) is 4.79 Å². The van der Waals surface area contributed by atoms with E-state index in [0.717, 1.165) is 28.0 Å². The number of H-pyrrole nitrogens is 1. The summed E-state index contributed by atoms with van der Waals surface area (Å²) in [4.78, 5) is 26.9. The number of nitrogens with zero attached hydrogens (tertiary/aromatic N) is 3. The number of amides is 1. The van der Waals surface area contributed by atoms with Gasteiger partial charge in [0.2, 0.25) is 11.9 Å². The summed E-state index contributed by atoms with van der Waals surface area (Å²) >= 11 is 0. The molecule has 0 fully saturated rings. The normalized spacial score (nSPS) is 13.0. The Kier molecular flexibility index (Phi) is 4.24. The molecule has 0 aliphatic carbocycles. The Labute approximate surface area is 168 Å². The van der Waals surface area contributed by atoms with Gasteiger partial charge in [-0.15, -0.1) is 0 Å². The van der Waals surface area contributed by atoms with Crippen molar-refractivity contribution in [3.05, 3.63) is 77.6 Å². The second-order valence-electron chi connectivity index (χ2n) is 7.33. The molecule has 1 aliphatic rings. The minimum absolute atomic E-state index is 0.117. The van der Waals surface area contributed by atoms with E-state index >= 15 is 0 Å². The summed E-state index contributed by atoms with van der Waals surface area (Å²) in [7, 11) is 0. The molecule has 3 heterocycles. The molecular formula is C23H21N5O. The number of fused-ring (bicyclic) bond motifs is 2. The number of anilines is 1. The predicted molar refractivity (Wildman–Crippen MR) is 113 cm³/mol. The second-order valence-corrected chi connectivity index (χ2v) is 7.33. The number of nitrogens with two attached hydrogens (primary N) is 1. The first-order chi connectivity index (χ1) is 14.2. The standard InChI is InChI=1S/C23H21N5O/c24-23-26-20-14-28(13-18(20)22(27-23)15-6-2-1-3-7-15)21(29)11-10-16-12-25-19-9-5-4-8-17(16)19/h1-9,12,25H,10-11,13-14H2,(H2,24,26,27). The number of nitrogen functional groups attached to an aromatic ring is 1. The fraction of sp³-hybridized carbons (Fsp3) is 0.174. The fourth-order valence-corrected chi connectivity index (χ4v) is 4.02. The third-order valence-corrected chi connectivity index (χ3v) is 5.48. The van der Waals surface area contributed by atoms with Crippen molar-refractivity contribution in [2.75, 3.05) is 5.73 Å². The van der Waals surface area contributed by atoms with E-state index in [-0.39, 0.29) is 11.9 Å². The van der Waals surface area contributed by atoms with Crippen LogP contribution in [-0.2, 0) is 24.3 Å². The maximum Gasteiger partial charge on any atom is 0.223 e. The quantitative estimate of drug-likeness (QED) is 0.563. The van der Waals surface area contributed by atoms with Crippen LogP contribution in [0, 0.1) is 0 Å². The van der Waals surface area contributed by atoms with E-state index in [0.29, 0.717) is 25.9 Å². The molecule has 29 heavy (non-hydrogen) atoms. The van der Waals surface area contributed by atoms with E-state index in [1.807, 2.05) is 59.6 Å². The highest BCUT2D eigenvalue weighted by Crippen LogP contribution is 2.31. The molecule has 5 rings (SSSR count). The summed E-state index contributed by atoms with van der Waals surface area (Å²) in [5, 5.41) is 1.18. The van der Waals surface area contributed by atoms with Gasteiger partial charge in [-0.1, -0.05) is 48.5 Å². The van der Waals surface area contributed by atoms with Gasteiger partial charge in [-0.05, 0) is 18.1 Å². The average molecular weight is 383 g/mol. The summed E-state index contributed by atoms with van der Waals surface area (Å²) in [6, 6.07) is 18.1. The summed E-state index contributed by atoms with van der Waals surface area (Å²) < 4.78 is 0. The zero-order chi connectivity index (χ0) is 19.8. The smallest absolute Gasteiger partial charge is 0.223 e. The Balaban J connectivity index is 1.34. The first-order valence-corrected chi connectivity index (χ1v) is 9.72. The van der Waals surface area contributed by atoms with Crippen molar-refractivity contribution in [1.82, 2.24) is 19.9 Å². The zero-order valence-corrected chi connectivity index (χ0v) is 15.9. The second kappa shape index (κ2) is 7.05. The van der Waals surface area contributed by atoms with Crippen molar-refractivity contribution in [2.24, 2.45) is 0 Å². The van der Waals surface area contributed by atoms with Crippen LogP contribution in [0.15, 0.2) is 60.8 Å². The van der Waals surface area contributed by atoms with Crippen molar-refractivity contribution in [3.8, 4) is 11.3 Å². The maximum atomic E-state index is 12.9. The largest absolute Gasteiger partial charge is 0.368 e. The van der Waals surface area contributed by atoms with Crippen LogP contribution in [0.1, 0.15) is 23.2 Å². The number of carbonyl (C=O) groups excluding carboxylic acids is 1. The van der Waals surface area contributed by atoms with Crippen LogP contribution in [0.25, 0.3) is 22.2 Å². The molecule has 0 spiro atoms. The minimum atomic E-state index is 0.117. The van der Waals surface area contributed by atoms with Gasteiger partial charge in [0.1, 0.15) is 0 Å². The summed E-state index contributed by atoms with van der Waals surface area (Å²) in [6.45, 7) is 1.00. The SMILES string of the molecule is Nc1nc2c(c(-c3ccccc3)n1)CN(C(=O)CCc1c[nH]c3ccccc13)C2. The van der Waals surface area contributed by atoms with Gasteiger partial charge in [0.25, 0.3) is 0 Å². The molecule has 4 aromatic rings. The van der Waals surface area contributed by atoms with Crippen LogP contribution in [0.4, 0.5) is 5.95 Å². The highest BCUT2D eigenvalue weighted by molar-refractivity contribution is 5.84. The molecule has 0 radical (unpaired) electrons. The Morgan fingerprint density at radius 3 is 2.69 bits per heavy atom. The van der Waals surface area contributed by atoms with Crippen LogP contribution in [-0.4, -0.2) is 25.8 Å². The lowest BCUT2D eigenvalue weighted by molar-refractivity contribution is -0.131. The van der Waals surface area contributed by atoms with Gasteiger partial charge in [0.05, 0.1) is 24.5 Å². The van der Waals surface area contributed by atoms with Crippen molar-refractivity contribution < 1.29 is 4.79 Å². The van der Waals surface area contributed by atoms with Crippen LogP contribution >= 0.6 is 0 Å². The summed E-state index contributed by atoms with van der Waals surface area (Å²) in [5.41, 5.74) is 11.8. The molecule has 0 atom stereocenters. The van der Waals surface area contributed by atoms with Gasteiger partial charge < -0.3 is 15.6 Å². The Bertz CT molecular complexity index is 1200. The number of para-hydroxylation sites is 1. The van der Waals surface area contributed by atoms with Crippen molar-refractivity contribution >= 4 is 22.8 Å². The molecule has 3 N–H and O–H groups in total. The molecular weight excluding hydrogens is 362 g/mol. The molecule has 1 amide bonds. The number of carbonyl (C=O) groups is 1. The van der Waals surface area contributed by atoms with Crippen molar-refractivity contribution in [1.29, 1.82) is 0 Å². The molecule has 0 saturated carbocycles. The monoisotopic (exact) mass is 383 g/mol. The third-order valence-electron chi connectivity index (χ3n) is 5.48. The van der Waals surface area contributed by atoms with E-state index in [9.17, 15) is 4.79 Å². The molecule has 0 bridgehead atoms. The number of aromatic nitrogens is 3. The number of nitrogens with one attached hydrogen (secondary N) is 1. The molecule has 6 heteroatoms. The van der Waals surface area contributed by atoms with E-state index in [1.54, 1.807) is 0 Å². The summed E-state index contributed by atoms with van der Waals surface area (Å²) in [6.07, 6.45) is 3.16. The first kappa shape index (κ1) is 17.4. The Hall–Kier alpha value is -3.67. The number of hydrogen-bond donors (Lipinski definition) is 2. The van der Waals surface area contributed by atoms with Crippen molar-refractivity contribution in [3.63, 3.8) is 0 Å². The van der Waals surface area contributed by atoms with E-state index in [1.165, 1.54) is 10.9 Å². The summed E-state index contributed by atoms with van der Waals surface area (Å²) in [5.74, 6) is 0.363. The maximum absolute atomic E-state index is 12.9. The molecule has 144 valence electrons. The predicted octanol–water partition coefficient (Wildman–Crippen LogP) is 3.68. The van der Waals surface area contributed by atoms with Crippen LogP contribution in [0.3, 0.4) is 0 Å². The van der Waals surface area contributed by atoms with Gasteiger partial charge in [0.15, 0.2) is 0 Å². The fourth-order valence-electron chi connectivity index (χ4n) is 4.02. The Morgan fingerprint density at radius 2 is 1.83 bits per heavy atom. The minimum Gasteiger partial charge on any atom is -0.368 e. The molecule has 0 unspecified atom stereocenters. The van der Waals surface area contributed by atoms with E-state index < -0.39 is 0 Å². The molecule has 2 aromatic heterocycles. The molecule has 0 saturated heterocycles. The lowest BCUT2D eigenvalue weighted by atomic mass is 10.1. The number of benzene rings is 2. The topological polar surface area (TPSA) is 87.9 Å². The lowest BCUT2D eigenvalue weighted by Crippen LogP contribution is -2.25. The highest BCUT2D eigenvalue weighted by Gasteiger charge is 2.28. The van der Waals surface area contributed by atoms with E-state index in [4.69, 9.17) is 5.73 Å². The molecule has 6 nitrogen and oxygen atoms in total. The van der Waals surface area contributed by atoms with Crippen LogP contribution in [0.5, 0.6) is 0 Å². The number of rotatable bonds is 4. The molecule has 1 aliphatic heterocycles. The van der Waals surface area contributed by atoms with Crippen molar-refractivity contribution in [2.45, 2.75) is 25.9 Å². The third kappa shape index (κ3) is 3.23. The first-order valence-electron chi connectivity index (χ1n) is 9.72. The van der Waals surface area contributed by atoms with Gasteiger partial charge in [0, 0.05) is 34.6 Å². The van der Waals surface area contributed by atoms with Gasteiger partial charge >= 0.3 is 0 Å². The van der Waals surface area contributed by atoms with Crippen LogP contribution < -0.4 is 5.73 Å². The van der Waals surface area contributed by atoms with Crippen LogP contribution in [0.2, 0.25) is 0 Å². The molecule has 2 aromatic carbocycles. The van der Waals surface area contributed by atoms with Gasteiger partial charge in [-0.2, -0.15) is 0 Å². The van der Waals surface area contributed by atoms with Gasteiger partial charge in [-0.25, -0.2) is 9.97 Å². The average Bonchev–Trinajstić information content (AvgIpc) is 3.36. The Morgan fingerprint density at radius 1 is 1.03 bits per heavy atom. The number of hydrogen-bond acceptors (Lipinski definition) is 4. The zero-order valence-electron chi connectivity index (χ0n) is 15.9. The number of aromatic amines is 1.